The first-order chi connectivity index (χ1) is 8.62. The van der Waals surface area contributed by atoms with Crippen molar-refractivity contribution in [3.8, 4) is 22.9 Å². The van der Waals surface area contributed by atoms with Crippen LogP contribution in [-0.4, -0.2) is 24.2 Å². The molecule has 18 heavy (non-hydrogen) atoms. The minimum absolute atomic E-state index is 0.558. The number of nitrogens with zero attached hydrogens (tertiary/aromatic N) is 1. The lowest BCUT2D eigenvalue weighted by Gasteiger charge is -2.08. The fourth-order valence-corrected chi connectivity index (χ4v) is 1.93. The Kier molecular flexibility index (Phi) is 3.62. The second-order valence-electron chi connectivity index (χ2n) is 3.85. The molecular formula is C13H14N2O2S. The number of benzene rings is 1. The number of hydrogen-bond donors (Lipinski definition) is 1. The van der Waals surface area contributed by atoms with Gasteiger partial charge in [-0.15, -0.1) is 0 Å². The lowest BCUT2D eigenvalue weighted by atomic mass is 10.2. The molecule has 0 atom stereocenters. The number of rotatable bonds is 3. The average molecular weight is 262 g/mol. The van der Waals surface area contributed by atoms with Gasteiger partial charge in [0.2, 0.25) is 0 Å². The van der Waals surface area contributed by atoms with Crippen molar-refractivity contribution in [1.82, 2.24) is 9.97 Å². The fraction of sp³-hybridized carbons (Fsp3) is 0.231. The van der Waals surface area contributed by atoms with Crippen LogP contribution in [0.5, 0.6) is 11.5 Å². The van der Waals surface area contributed by atoms with Crippen molar-refractivity contribution in [2.45, 2.75) is 6.92 Å². The monoisotopic (exact) mass is 262 g/mol. The lowest BCUT2D eigenvalue weighted by Crippen LogP contribution is -1.94. The summed E-state index contributed by atoms with van der Waals surface area (Å²) in [6.45, 7) is 1.94. The highest BCUT2D eigenvalue weighted by atomic mass is 32.1. The number of aromatic nitrogens is 2. The van der Waals surface area contributed by atoms with Crippen LogP contribution in [-0.2, 0) is 0 Å². The second kappa shape index (κ2) is 5.18. The average Bonchev–Trinajstić information content (AvgIpc) is 2.37. The van der Waals surface area contributed by atoms with E-state index in [4.69, 9.17) is 21.7 Å². The number of aryl methyl sites for hydroxylation is 1. The van der Waals surface area contributed by atoms with Gasteiger partial charge < -0.3 is 14.5 Å². The van der Waals surface area contributed by atoms with E-state index in [9.17, 15) is 0 Å². The normalized spacial score (nSPS) is 10.2. The predicted molar refractivity (Wildman–Crippen MR) is 72.7 cm³/mol. The van der Waals surface area contributed by atoms with E-state index in [1.807, 2.05) is 31.2 Å². The molecule has 0 aliphatic heterocycles. The molecule has 0 aliphatic carbocycles. The molecule has 0 amide bonds. The summed E-state index contributed by atoms with van der Waals surface area (Å²) >= 11 is 5.12. The Labute approximate surface area is 111 Å². The van der Waals surface area contributed by atoms with Crippen LogP contribution in [0.3, 0.4) is 0 Å². The minimum Gasteiger partial charge on any atom is -0.497 e. The minimum atomic E-state index is 0.558. The molecule has 0 saturated carbocycles. The molecule has 2 aromatic rings. The Morgan fingerprint density at radius 1 is 1.06 bits per heavy atom. The summed E-state index contributed by atoms with van der Waals surface area (Å²) in [4.78, 5) is 7.48. The van der Waals surface area contributed by atoms with E-state index in [2.05, 4.69) is 9.97 Å². The van der Waals surface area contributed by atoms with Crippen molar-refractivity contribution < 1.29 is 9.47 Å². The molecule has 0 saturated heterocycles. The van der Waals surface area contributed by atoms with E-state index in [1.54, 1.807) is 14.2 Å². The molecule has 0 spiro atoms. The Balaban J connectivity index is 2.58. The molecule has 0 fully saturated rings. The van der Waals surface area contributed by atoms with Gasteiger partial charge in [-0.25, -0.2) is 4.98 Å². The van der Waals surface area contributed by atoms with E-state index in [0.29, 0.717) is 22.0 Å². The molecule has 0 aliphatic rings. The molecule has 1 N–H and O–H groups in total. The number of nitrogens with one attached hydrogen (secondary N) is 1. The summed E-state index contributed by atoms with van der Waals surface area (Å²) in [6.07, 6.45) is 0. The SMILES string of the molecule is COc1cc(OC)cc(-c2nc(=S)cc(C)[nH]2)c1. The molecule has 1 aromatic heterocycles. The van der Waals surface area contributed by atoms with Gasteiger partial charge in [-0.1, -0.05) is 12.2 Å². The van der Waals surface area contributed by atoms with Crippen molar-refractivity contribution in [2.24, 2.45) is 0 Å². The van der Waals surface area contributed by atoms with Crippen LogP contribution in [0, 0.1) is 11.6 Å². The van der Waals surface area contributed by atoms with Gasteiger partial charge in [-0.2, -0.15) is 0 Å². The van der Waals surface area contributed by atoms with E-state index < -0.39 is 0 Å². The summed E-state index contributed by atoms with van der Waals surface area (Å²) in [5.41, 5.74) is 1.84. The summed E-state index contributed by atoms with van der Waals surface area (Å²) in [6, 6.07) is 7.40. The Bertz CT molecular complexity index is 600. The van der Waals surface area contributed by atoms with Gasteiger partial charge in [-0.3, -0.25) is 0 Å². The summed E-state index contributed by atoms with van der Waals surface area (Å²) in [5.74, 6) is 2.14. The molecule has 1 aromatic carbocycles. The van der Waals surface area contributed by atoms with Crippen LogP contribution in [0.2, 0.25) is 0 Å². The maximum absolute atomic E-state index is 5.23. The third kappa shape index (κ3) is 2.68. The third-order valence-electron chi connectivity index (χ3n) is 2.50. The lowest BCUT2D eigenvalue weighted by molar-refractivity contribution is 0.394. The topological polar surface area (TPSA) is 47.1 Å². The van der Waals surface area contributed by atoms with Gasteiger partial charge >= 0.3 is 0 Å². The highest BCUT2D eigenvalue weighted by molar-refractivity contribution is 7.71. The molecular weight excluding hydrogens is 248 g/mol. The first-order valence-electron chi connectivity index (χ1n) is 5.44. The van der Waals surface area contributed by atoms with Gasteiger partial charge in [0, 0.05) is 17.3 Å². The maximum Gasteiger partial charge on any atom is 0.139 e. The predicted octanol–water partition coefficient (Wildman–Crippen LogP) is 3.13. The standard InChI is InChI=1S/C13H14N2O2S/c1-8-4-12(18)15-13(14-8)9-5-10(16-2)7-11(6-9)17-3/h4-7H,1-3H3,(H,14,15,18). The van der Waals surface area contributed by atoms with E-state index in [1.165, 1.54) is 0 Å². The largest absolute Gasteiger partial charge is 0.497 e. The third-order valence-corrected chi connectivity index (χ3v) is 2.71. The zero-order valence-electron chi connectivity index (χ0n) is 10.5. The molecule has 2 rings (SSSR count). The van der Waals surface area contributed by atoms with E-state index in [0.717, 1.165) is 11.3 Å². The van der Waals surface area contributed by atoms with E-state index >= 15 is 0 Å². The zero-order chi connectivity index (χ0) is 13.1. The molecule has 5 heteroatoms. The van der Waals surface area contributed by atoms with Crippen LogP contribution in [0.25, 0.3) is 11.4 Å². The van der Waals surface area contributed by atoms with Crippen LogP contribution in [0.15, 0.2) is 24.3 Å². The number of H-pyrrole nitrogens is 1. The number of methoxy groups -OCH3 is 2. The van der Waals surface area contributed by atoms with Gasteiger partial charge in [0.05, 0.1) is 14.2 Å². The Hall–Kier alpha value is -1.88. The van der Waals surface area contributed by atoms with Gasteiger partial charge in [0.15, 0.2) is 0 Å². The van der Waals surface area contributed by atoms with Crippen molar-refractivity contribution in [3.63, 3.8) is 0 Å². The van der Waals surface area contributed by atoms with Gasteiger partial charge in [0.25, 0.3) is 0 Å². The number of ether oxygens (including phenoxy) is 2. The molecule has 1 heterocycles. The van der Waals surface area contributed by atoms with Gasteiger partial charge in [-0.05, 0) is 25.1 Å². The van der Waals surface area contributed by atoms with Crippen molar-refractivity contribution >= 4 is 12.2 Å². The van der Waals surface area contributed by atoms with Gasteiger partial charge in [0.1, 0.15) is 22.0 Å². The van der Waals surface area contributed by atoms with Crippen molar-refractivity contribution in [3.05, 3.63) is 34.6 Å². The first kappa shape index (κ1) is 12.6. The van der Waals surface area contributed by atoms with E-state index in [-0.39, 0.29) is 0 Å². The molecule has 94 valence electrons. The number of hydrogen-bond acceptors (Lipinski definition) is 4. The second-order valence-corrected chi connectivity index (χ2v) is 4.27. The van der Waals surface area contributed by atoms with Crippen molar-refractivity contribution in [2.75, 3.05) is 14.2 Å². The van der Waals surface area contributed by atoms with Crippen LogP contribution < -0.4 is 9.47 Å². The molecule has 0 unspecified atom stereocenters. The highest BCUT2D eigenvalue weighted by Crippen LogP contribution is 2.27. The maximum atomic E-state index is 5.23. The summed E-state index contributed by atoms with van der Waals surface area (Å²) < 4.78 is 11.0. The van der Waals surface area contributed by atoms with Crippen LogP contribution in [0.4, 0.5) is 0 Å². The Morgan fingerprint density at radius 3 is 2.17 bits per heavy atom. The summed E-state index contributed by atoms with van der Waals surface area (Å²) in [7, 11) is 3.23. The quantitative estimate of drug-likeness (QED) is 0.863. The zero-order valence-corrected chi connectivity index (χ0v) is 11.3. The van der Waals surface area contributed by atoms with Crippen molar-refractivity contribution in [1.29, 1.82) is 0 Å². The highest BCUT2D eigenvalue weighted by Gasteiger charge is 2.06. The first-order valence-corrected chi connectivity index (χ1v) is 5.84. The van der Waals surface area contributed by atoms with Crippen LogP contribution in [0.1, 0.15) is 5.69 Å². The molecule has 0 radical (unpaired) electrons. The fourth-order valence-electron chi connectivity index (χ4n) is 1.66. The molecule has 4 nitrogen and oxygen atoms in total. The Morgan fingerprint density at radius 2 is 1.67 bits per heavy atom. The summed E-state index contributed by atoms with van der Waals surface area (Å²) in [5, 5.41) is 0. The van der Waals surface area contributed by atoms with Crippen LogP contribution >= 0.6 is 12.2 Å². The number of aromatic amines is 1. The molecule has 0 bridgehead atoms. The smallest absolute Gasteiger partial charge is 0.139 e.